The first-order chi connectivity index (χ1) is 13.9. The van der Waals surface area contributed by atoms with E-state index in [4.69, 9.17) is 0 Å². The molecule has 2 aromatic carbocycles. The Kier molecular flexibility index (Phi) is 7.42. The lowest BCUT2D eigenvalue weighted by atomic mass is 9.86. The molecule has 0 atom stereocenters. The fraction of sp³-hybridized carbons (Fsp3) is 0.348. The van der Waals surface area contributed by atoms with Gasteiger partial charge in [-0.2, -0.15) is 0 Å². The molecule has 5 nitrogen and oxygen atoms in total. The number of sulfonamides is 1. The normalized spacial score (nSPS) is 11.8. The van der Waals surface area contributed by atoms with Crippen molar-refractivity contribution in [1.82, 2.24) is 5.32 Å². The standard InChI is InChI=1S/C23H29FN2O3S/c1-6-18-13-17(14-20(24)22(18)26-30(5,28)29)15-25-21(27)12-9-16-7-10-19(11-8-16)23(2,3)4/h6-8,10-11,13-14,26H,1,9,12,15H2,2-5H3,(H,25,27). The maximum absolute atomic E-state index is 14.4. The van der Waals surface area contributed by atoms with Crippen molar-refractivity contribution in [2.75, 3.05) is 11.0 Å². The van der Waals surface area contributed by atoms with E-state index in [9.17, 15) is 17.6 Å². The first kappa shape index (κ1) is 23.6. The number of halogens is 1. The van der Waals surface area contributed by atoms with Crippen LogP contribution in [-0.2, 0) is 33.2 Å². The smallest absolute Gasteiger partial charge is 0.229 e. The van der Waals surface area contributed by atoms with Crippen molar-refractivity contribution in [3.05, 3.63) is 71.0 Å². The molecule has 0 aliphatic rings. The maximum atomic E-state index is 14.4. The molecule has 2 N–H and O–H groups in total. The van der Waals surface area contributed by atoms with E-state index in [1.165, 1.54) is 17.7 Å². The van der Waals surface area contributed by atoms with Crippen LogP contribution in [0.3, 0.4) is 0 Å². The van der Waals surface area contributed by atoms with Gasteiger partial charge in [-0.25, -0.2) is 12.8 Å². The molecule has 0 spiro atoms. The number of amides is 1. The zero-order chi connectivity index (χ0) is 22.5. The second-order valence-corrected chi connectivity index (χ2v) is 10.1. The van der Waals surface area contributed by atoms with Crippen molar-refractivity contribution in [3.63, 3.8) is 0 Å². The summed E-state index contributed by atoms with van der Waals surface area (Å²) in [4.78, 5) is 12.2. The van der Waals surface area contributed by atoms with Crippen LogP contribution in [0.1, 0.15) is 49.4 Å². The van der Waals surface area contributed by atoms with Crippen LogP contribution in [0.4, 0.5) is 10.1 Å². The SMILES string of the molecule is C=Cc1cc(CNC(=O)CCc2ccc(C(C)(C)C)cc2)cc(F)c1NS(C)(=O)=O. The average Bonchev–Trinajstić information content (AvgIpc) is 2.65. The summed E-state index contributed by atoms with van der Waals surface area (Å²) in [6, 6.07) is 11.0. The lowest BCUT2D eigenvalue weighted by Crippen LogP contribution is -2.23. The number of carbonyl (C=O) groups excluding carboxylic acids is 1. The Morgan fingerprint density at radius 1 is 1.13 bits per heavy atom. The largest absolute Gasteiger partial charge is 0.352 e. The number of carbonyl (C=O) groups is 1. The second kappa shape index (κ2) is 9.43. The van der Waals surface area contributed by atoms with Crippen LogP contribution in [-0.4, -0.2) is 20.6 Å². The molecule has 0 saturated carbocycles. The Morgan fingerprint density at radius 3 is 2.30 bits per heavy atom. The molecule has 162 valence electrons. The molecule has 2 rings (SSSR count). The highest BCUT2D eigenvalue weighted by Crippen LogP contribution is 2.25. The number of benzene rings is 2. The van der Waals surface area contributed by atoms with E-state index < -0.39 is 15.8 Å². The highest BCUT2D eigenvalue weighted by Gasteiger charge is 2.14. The van der Waals surface area contributed by atoms with Crippen LogP contribution in [0.2, 0.25) is 0 Å². The summed E-state index contributed by atoms with van der Waals surface area (Å²) >= 11 is 0. The predicted molar refractivity (Wildman–Crippen MR) is 120 cm³/mol. The minimum absolute atomic E-state index is 0.0852. The van der Waals surface area contributed by atoms with Gasteiger partial charge in [-0.1, -0.05) is 57.7 Å². The van der Waals surface area contributed by atoms with Gasteiger partial charge in [-0.05, 0) is 40.7 Å². The van der Waals surface area contributed by atoms with Crippen molar-refractivity contribution >= 4 is 27.7 Å². The van der Waals surface area contributed by atoms with Gasteiger partial charge in [0.1, 0.15) is 5.82 Å². The van der Waals surface area contributed by atoms with E-state index in [1.807, 2.05) is 12.1 Å². The molecular formula is C23H29FN2O3S. The Balaban J connectivity index is 1.96. The van der Waals surface area contributed by atoms with Crippen LogP contribution >= 0.6 is 0 Å². The van der Waals surface area contributed by atoms with E-state index >= 15 is 0 Å². The Hall–Kier alpha value is -2.67. The van der Waals surface area contributed by atoms with Crippen molar-refractivity contribution < 1.29 is 17.6 Å². The molecule has 0 aliphatic heterocycles. The molecular weight excluding hydrogens is 403 g/mol. The van der Waals surface area contributed by atoms with Gasteiger partial charge in [0.2, 0.25) is 15.9 Å². The number of anilines is 1. The van der Waals surface area contributed by atoms with Gasteiger partial charge in [0.15, 0.2) is 0 Å². The minimum atomic E-state index is -3.62. The van der Waals surface area contributed by atoms with Crippen LogP contribution in [0.5, 0.6) is 0 Å². The monoisotopic (exact) mass is 432 g/mol. The first-order valence-electron chi connectivity index (χ1n) is 9.68. The van der Waals surface area contributed by atoms with Gasteiger partial charge in [0, 0.05) is 18.5 Å². The van der Waals surface area contributed by atoms with Gasteiger partial charge in [0.25, 0.3) is 0 Å². The van der Waals surface area contributed by atoms with E-state index in [0.29, 0.717) is 24.0 Å². The molecule has 0 saturated heterocycles. The number of aryl methyl sites for hydroxylation is 1. The molecule has 7 heteroatoms. The first-order valence-corrected chi connectivity index (χ1v) is 11.6. The summed E-state index contributed by atoms with van der Waals surface area (Å²) in [5.74, 6) is -0.866. The third-order valence-electron chi connectivity index (χ3n) is 4.64. The summed E-state index contributed by atoms with van der Waals surface area (Å²) in [6.45, 7) is 10.2. The van der Waals surface area contributed by atoms with Gasteiger partial charge < -0.3 is 5.32 Å². The quantitative estimate of drug-likeness (QED) is 0.650. The summed E-state index contributed by atoms with van der Waals surface area (Å²) < 4.78 is 39.3. The van der Waals surface area contributed by atoms with Gasteiger partial charge >= 0.3 is 0 Å². The number of hydrogen-bond acceptors (Lipinski definition) is 3. The molecule has 0 unspecified atom stereocenters. The fourth-order valence-electron chi connectivity index (χ4n) is 2.96. The van der Waals surface area contributed by atoms with Crippen molar-refractivity contribution in [2.24, 2.45) is 0 Å². The third-order valence-corrected chi connectivity index (χ3v) is 5.21. The van der Waals surface area contributed by atoms with Gasteiger partial charge in [0.05, 0.1) is 11.9 Å². The lowest BCUT2D eigenvalue weighted by Gasteiger charge is -2.19. The Labute approximate surface area is 178 Å². The summed E-state index contributed by atoms with van der Waals surface area (Å²) in [5, 5.41) is 2.77. The summed E-state index contributed by atoms with van der Waals surface area (Å²) in [6.07, 6.45) is 3.24. The molecule has 0 bridgehead atoms. The zero-order valence-electron chi connectivity index (χ0n) is 17.9. The topological polar surface area (TPSA) is 75.3 Å². The van der Waals surface area contributed by atoms with Gasteiger partial charge in [-0.3, -0.25) is 9.52 Å². The van der Waals surface area contributed by atoms with E-state index in [2.05, 4.69) is 49.5 Å². The van der Waals surface area contributed by atoms with Crippen molar-refractivity contribution in [3.8, 4) is 0 Å². The van der Waals surface area contributed by atoms with E-state index in [1.54, 1.807) is 6.07 Å². The van der Waals surface area contributed by atoms with Crippen LogP contribution in [0.25, 0.3) is 6.08 Å². The highest BCUT2D eigenvalue weighted by molar-refractivity contribution is 7.92. The Bertz CT molecular complexity index is 1020. The summed E-state index contributed by atoms with van der Waals surface area (Å²) in [5.41, 5.74) is 3.08. The van der Waals surface area contributed by atoms with E-state index in [0.717, 1.165) is 11.8 Å². The number of rotatable bonds is 8. The average molecular weight is 433 g/mol. The fourth-order valence-corrected chi connectivity index (χ4v) is 3.55. The Morgan fingerprint density at radius 2 is 1.77 bits per heavy atom. The summed E-state index contributed by atoms with van der Waals surface area (Å²) in [7, 11) is -3.62. The molecule has 0 aromatic heterocycles. The molecule has 1 amide bonds. The minimum Gasteiger partial charge on any atom is -0.352 e. The zero-order valence-corrected chi connectivity index (χ0v) is 18.7. The third kappa shape index (κ3) is 6.99. The van der Waals surface area contributed by atoms with Crippen LogP contribution in [0, 0.1) is 5.82 Å². The van der Waals surface area contributed by atoms with Crippen LogP contribution in [0.15, 0.2) is 43.0 Å². The molecule has 2 aromatic rings. The van der Waals surface area contributed by atoms with Crippen molar-refractivity contribution in [1.29, 1.82) is 0 Å². The highest BCUT2D eigenvalue weighted by atomic mass is 32.2. The molecule has 0 radical (unpaired) electrons. The lowest BCUT2D eigenvalue weighted by molar-refractivity contribution is -0.121. The van der Waals surface area contributed by atoms with Crippen molar-refractivity contribution in [2.45, 2.75) is 45.6 Å². The molecule has 30 heavy (non-hydrogen) atoms. The second-order valence-electron chi connectivity index (χ2n) is 8.34. The van der Waals surface area contributed by atoms with Crippen LogP contribution < -0.4 is 10.0 Å². The predicted octanol–water partition coefficient (Wildman–Crippen LogP) is 4.39. The number of hydrogen-bond donors (Lipinski definition) is 2. The van der Waals surface area contributed by atoms with Gasteiger partial charge in [-0.15, -0.1) is 0 Å². The maximum Gasteiger partial charge on any atom is 0.229 e. The molecule has 0 fully saturated rings. The molecule has 0 heterocycles. The van der Waals surface area contributed by atoms with E-state index in [-0.39, 0.29) is 23.6 Å². The molecule has 0 aliphatic carbocycles. The number of nitrogens with one attached hydrogen (secondary N) is 2.